The molecule has 0 saturated carbocycles. The van der Waals surface area contributed by atoms with Gasteiger partial charge in [0, 0.05) is 18.1 Å². The number of likely N-dealkylation sites (N-methyl/N-ethyl adjacent to an activating group) is 1. The van der Waals surface area contributed by atoms with Gasteiger partial charge in [0.05, 0.1) is 7.11 Å². The summed E-state index contributed by atoms with van der Waals surface area (Å²) < 4.78 is 5.25. The van der Waals surface area contributed by atoms with Crippen molar-refractivity contribution < 1.29 is 9.53 Å². The zero-order valence-corrected chi connectivity index (χ0v) is 18.0. The fourth-order valence-electron chi connectivity index (χ4n) is 3.46. The average molecular weight is 423 g/mol. The summed E-state index contributed by atoms with van der Waals surface area (Å²) in [5, 5.41) is 7.04. The molecule has 0 aliphatic heterocycles. The first-order valence-electron chi connectivity index (χ1n) is 10.0. The molecule has 0 aromatic heterocycles. The third-order valence-corrected chi connectivity index (χ3v) is 5.41. The van der Waals surface area contributed by atoms with E-state index in [4.69, 9.17) is 16.3 Å². The second-order valence-electron chi connectivity index (χ2n) is 7.12. The van der Waals surface area contributed by atoms with Crippen molar-refractivity contribution >= 4 is 17.5 Å². The molecule has 156 valence electrons. The fraction of sp³-hybridized carbons (Fsp3) is 0.240. The van der Waals surface area contributed by atoms with Crippen LogP contribution in [0, 0.1) is 0 Å². The highest BCUT2D eigenvalue weighted by molar-refractivity contribution is 6.30. The first kappa shape index (κ1) is 21.9. The quantitative estimate of drug-likeness (QED) is 0.504. The standard InChI is InChI=1S/C25H27ClN2O2/c1-27-25(29)24(20-6-4-3-5-7-20)28-23(19-11-13-21(26)14-12-19)17-10-18-8-15-22(30-2)16-9-18/h3-9,11-16,23-24,28H,10,17H2,1-2H3,(H,27,29)/t23-,24?/m1/s1. The van der Waals surface area contributed by atoms with Gasteiger partial charge >= 0.3 is 0 Å². The van der Waals surface area contributed by atoms with Crippen LogP contribution in [0.5, 0.6) is 5.75 Å². The van der Waals surface area contributed by atoms with E-state index in [0.717, 1.165) is 29.7 Å². The minimum absolute atomic E-state index is 0.0214. The Balaban J connectivity index is 1.83. The number of methoxy groups -OCH3 is 1. The molecule has 3 rings (SSSR count). The average Bonchev–Trinajstić information content (AvgIpc) is 2.80. The molecule has 0 aliphatic rings. The van der Waals surface area contributed by atoms with E-state index in [1.54, 1.807) is 14.2 Å². The third kappa shape index (κ3) is 5.85. The van der Waals surface area contributed by atoms with Crippen molar-refractivity contribution in [3.05, 3.63) is 101 Å². The maximum atomic E-state index is 12.7. The van der Waals surface area contributed by atoms with Crippen molar-refractivity contribution in [1.82, 2.24) is 10.6 Å². The van der Waals surface area contributed by atoms with E-state index in [9.17, 15) is 4.79 Å². The van der Waals surface area contributed by atoms with Gasteiger partial charge in [-0.05, 0) is 53.8 Å². The predicted molar refractivity (Wildman–Crippen MR) is 122 cm³/mol. The Morgan fingerprint density at radius 2 is 1.60 bits per heavy atom. The number of hydrogen-bond acceptors (Lipinski definition) is 3. The minimum Gasteiger partial charge on any atom is -0.497 e. The molecule has 3 aromatic rings. The number of halogens is 1. The summed E-state index contributed by atoms with van der Waals surface area (Å²) in [4.78, 5) is 12.7. The molecule has 1 amide bonds. The summed E-state index contributed by atoms with van der Waals surface area (Å²) >= 11 is 6.10. The largest absolute Gasteiger partial charge is 0.497 e. The van der Waals surface area contributed by atoms with Crippen LogP contribution in [0.25, 0.3) is 0 Å². The first-order chi connectivity index (χ1) is 14.6. The van der Waals surface area contributed by atoms with Crippen molar-refractivity contribution in [1.29, 1.82) is 0 Å². The van der Waals surface area contributed by atoms with Gasteiger partial charge in [-0.15, -0.1) is 0 Å². The second-order valence-corrected chi connectivity index (χ2v) is 7.55. The van der Waals surface area contributed by atoms with Gasteiger partial charge in [-0.3, -0.25) is 10.1 Å². The van der Waals surface area contributed by atoms with E-state index in [2.05, 4.69) is 22.8 Å². The molecule has 1 unspecified atom stereocenters. The number of benzene rings is 3. The molecule has 3 aromatic carbocycles. The molecule has 5 heteroatoms. The van der Waals surface area contributed by atoms with E-state index in [1.807, 2.05) is 66.7 Å². The lowest BCUT2D eigenvalue weighted by Gasteiger charge is -2.26. The molecule has 0 radical (unpaired) electrons. The zero-order chi connectivity index (χ0) is 21.3. The van der Waals surface area contributed by atoms with Crippen LogP contribution in [0.15, 0.2) is 78.9 Å². The minimum atomic E-state index is -0.451. The van der Waals surface area contributed by atoms with E-state index in [1.165, 1.54) is 5.56 Å². The normalized spacial score (nSPS) is 12.8. The molecule has 0 heterocycles. The number of nitrogens with one attached hydrogen (secondary N) is 2. The zero-order valence-electron chi connectivity index (χ0n) is 17.3. The number of carbonyl (C=O) groups excluding carboxylic acids is 1. The molecule has 0 spiro atoms. The van der Waals surface area contributed by atoms with Gasteiger partial charge < -0.3 is 10.1 Å². The fourth-order valence-corrected chi connectivity index (χ4v) is 3.58. The van der Waals surface area contributed by atoms with E-state index in [-0.39, 0.29) is 11.9 Å². The van der Waals surface area contributed by atoms with Crippen LogP contribution < -0.4 is 15.4 Å². The van der Waals surface area contributed by atoms with Crippen molar-refractivity contribution in [3.63, 3.8) is 0 Å². The Hall–Kier alpha value is -2.82. The van der Waals surface area contributed by atoms with E-state index >= 15 is 0 Å². The Morgan fingerprint density at radius 1 is 0.933 bits per heavy atom. The Morgan fingerprint density at radius 3 is 2.20 bits per heavy atom. The highest BCUT2D eigenvalue weighted by atomic mass is 35.5. The molecule has 0 saturated heterocycles. The number of carbonyl (C=O) groups is 1. The molecule has 0 aliphatic carbocycles. The highest BCUT2D eigenvalue weighted by Crippen LogP contribution is 2.26. The Kier molecular flexibility index (Phi) is 7.89. The second kappa shape index (κ2) is 10.8. The molecule has 2 N–H and O–H groups in total. The van der Waals surface area contributed by atoms with Crippen molar-refractivity contribution in [2.75, 3.05) is 14.2 Å². The smallest absolute Gasteiger partial charge is 0.241 e. The van der Waals surface area contributed by atoms with E-state index in [0.29, 0.717) is 5.02 Å². The van der Waals surface area contributed by atoms with Gasteiger partial charge in [-0.1, -0.05) is 66.2 Å². The van der Waals surface area contributed by atoms with Gasteiger partial charge in [0.2, 0.25) is 5.91 Å². The van der Waals surface area contributed by atoms with Crippen LogP contribution in [0.1, 0.15) is 35.2 Å². The van der Waals surface area contributed by atoms with Crippen LogP contribution in [-0.4, -0.2) is 20.1 Å². The lowest BCUT2D eigenvalue weighted by molar-refractivity contribution is -0.123. The summed E-state index contributed by atoms with van der Waals surface area (Å²) in [6.07, 6.45) is 1.69. The summed E-state index contributed by atoms with van der Waals surface area (Å²) in [5.41, 5.74) is 3.24. The molecule has 0 bridgehead atoms. The number of rotatable bonds is 9. The molecular weight excluding hydrogens is 396 g/mol. The van der Waals surface area contributed by atoms with Crippen LogP contribution in [0.3, 0.4) is 0 Å². The van der Waals surface area contributed by atoms with Crippen molar-refractivity contribution in [2.24, 2.45) is 0 Å². The number of amides is 1. The highest BCUT2D eigenvalue weighted by Gasteiger charge is 2.24. The van der Waals surface area contributed by atoms with Crippen molar-refractivity contribution in [2.45, 2.75) is 24.9 Å². The maximum Gasteiger partial charge on any atom is 0.241 e. The summed E-state index contributed by atoms with van der Waals surface area (Å²) in [6.45, 7) is 0. The van der Waals surface area contributed by atoms with Gasteiger partial charge in [0.15, 0.2) is 0 Å². The molecule has 0 fully saturated rings. The molecular formula is C25H27ClN2O2. The first-order valence-corrected chi connectivity index (χ1v) is 10.4. The van der Waals surface area contributed by atoms with E-state index < -0.39 is 6.04 Å². The molecule has 2 atom stereocenters. The van der Waals surface area contributed by atoms with Crippen LogP contribution in [-0.2, 0) is 11.2 Å². The topological polar surface area (TPSA) is 50.4 Å². The van der Waals surface area contributed by atoms with Crippen LogP contribution in [0.4, 0.5) is 0 Å². The lowest BCUT2D eigenvalue weighted by atomic mass is 9.96. The van der Waals surface area contributed by atoms with Crippen LogP contribution in [0.2, 0.25) is 5.02 Å². The summed E-state index contributed by atoms with van der Waals surface area (Å²) in [5.74, 6) is 0.777. The monoisotopic (exact) mass is 422 g/mol. The van der Waals surface area contributed by atoms with Gasteiger partial charge in [0.25, 0.3) is 0 Å². The number of ether oxygens (including phenoxy) is 1. The maximum absolute atomic E-state index is 12.7. The SMILES string of the molecule is CNC(=O)C(N[C@H](CCc1ccc(OC)cc1)c1ccc(Cl)cc1)c1ccccc1. The Bertz CT molecular complexity index is 928. The third-order valence-electron chi connectivity index (χ3n) is 5.16. The predicted octanol–water partition coefficient (Wildman–Crippen LogP) is 5.10. The van der Waals surface area contributed by atoms with Crippen LogP contribution >= 0.6 is 11.6 Å². The summed E-state index contributed by atoms with van der Waals surface area (Å²) in [7, 11) is 3.33. The van der Waals surface area contributed by atoms with Gasteiger partial charge in [0.1, 0.15) is 11.8 Å². The number of hydrogen-bond donors (Lipinski definition) is 2. The molecule has 4 nitrogen and oxygen atoms in total. The summed E-state index contributed by atoms with van der Waals surface area (Å²) in [6, 6.07) is 25.2. The number of aryl methyl sites for hydroxylation is 1. The van der Waals surface area contributed by atoms with Crippen molar-refractivity contribution in [3.8, 4) is 5.75 Å². The van der Waals surface area contributed by atoms with Gasteiger partial charge in [-0.2, -0.15) is 0 Å². The Labute approximate surface area is 183 Å². The molecule has 30 heavy (non-hydrogen) atoms. The lowest BCUT2D eigenvalue weighted by Crippen LogP contribution is -2.38. The van der Waals surface area contributed by atoms with Gasteiger partial charge in [-0.25, -0.2) is 0 Å².